The topological polar surface area (TPSA) is 69.7 Å². The van der Waals surface area contributed by atoms with Gasteiger partial charge in [0.15, 0.2) is 0 Å². The number of nitrogens with one attached hydrogen (secondary N) is 1. The maximum absolute atomic E-state index is 12.8. The third-order valence-corrected chi connectivity index (χ3v) is 7.72. The van der Waals surface area contributed by atoms with E-state index in [2.05, 4.69) is 17.1 Å². The van der Waals surface area contributed by atoms with Crippen LogP contribution in [0.15, 0.2) is 29.2 Å². The first-order valence-corrected chi connectivity index (χ1v) is 11.6. The van der Waals surface area contributed by atoms with Crippen molar-refractivity contribution >= 4 is 21.6 Å². The number of hydrogen-bond acceptors (Lipinski definition) is 4. The molecule has 1 amide bonds. The summed E-state index contributed by atoms with van der Waals surface area (Å²) in [4.78, 5) is 14.6. The van der Waals surface area contributed by atoms with Crippen LogP contribution in [-0.4, -0.2) is 56.3 Å². The number of likely N-dealkylation sites (N-methyl/N-ethyl adjacent to an activating group) is 1. The predicted octanol–water partition coefficient (Wildman–Crippen LogP) is 2.92. The van der Waals surface area contributed by atoms with Gasteiger partial charge < -0.3 is 10.2 Å². The number of rotatable bonds is 7. The zero-order valence-electron chi connectivity index (χ0n) is 16.2. The molecule has 2 fully saturated rings. The van der Waals surface area contributed by atoms with Crippen LogP contribution >= 0.6 is 0 Å². The van der Waals surface area contributed by atoms with Gasteiger partial charge in [0.2, 0.25) is 15.9 Å². The van der Waals surface area contributed by atoms with Crippen molar-refractivity contribution in [2.24, 2.45) is 5.92 Å². The van der Waals surface area contributed by atoms with Crippen LogP contribution in [0.3, 0.4) is 0 Å². The number of nitrogens with zero attached hydrogens (tertiary/aromatic N) is 2. The van der Waals surface area contributed by atoms with Crippen molar-refractivity contribution in [1.82, 2.24) is 9.21 Å². The molecule has 0 unspecified atom stereocenters. The summed E-state index contributed by atoms with van der Waals surface area (Å²) in [5.74, 6) is 0.699. The van der Waals surface area contributed by atoms with Gasteiger partial charge in [0.25, 0.3) is 0 Å². The fourth-order valence-corrected chi connectivity index (χ4v) is 5.43. The number of carbonyl (C=O) groups excluding carboxylic acids is 1. The van der Waals surface area contributed by atoms with E-state index in [1.54, 1.807) is 28.6 Å². The Morgan fingerprint density at radius 2 is 1.70 bits per heavy atom. The van der Waals surface area contributed by atoms with Gasteiger partial charge in [0.1, 0.15) is 0 Å². The number of piperazine rings is 1. The Bertz CT molecular complexity index is 719. The van der Waals surface area contributed by atoms with Gasteiger partial charge in [-0.15, -0.1) is 0 Å². The lowest BCUT2D eigenvalue weighted by atomic mass is 10.0. The molecule has 1 aromatic carbocycles. The summed E-state index contributed by atoms with van der Waals surface area (Å²) in [6.45, 7) is 5.62. The second kappa shape index (κ2) is 9.17. The fourth-order valence-electron chi connectivity index (χ4n) is 4.00. The molecule has 150 valence electrons. The third kappa shape index (κ3) is 5.30. The van der Waals surface area contributed by atoms with Crippen molar-refractivity contribution in [3.05, 3.63) is 24.3 Å². The molecule has 27 heavy (non-hydrogen) atoms. The van der Waals surface area contributed by atoms with Crippen molar-refractivity contribution < 1.29 is 13.2 Å². The lowest BCUT2D eigenvalue weighted by molar-refractivity contribution is -0.116. The van der Waals surface area contributed by atoms with E-state index in [9.17, 15) is 13.2 Å². The molecule has 1 aromatic rings. The molecule has 1 heterocycles. The van der Waals surface area contributed by atoms with Crippen molar-refractivity contribution in [3.63, 3.8) is 0 Å². The van der Waals surface area contributed by atoms with Crippen LogP contribution in [0.5, 0.6) is 0 Å². The van der Waals surface area contributed by atoms with Gasteiger partial charge in [-0.1, -0.05) is 32.6 Å². The van der Waals surface area contributed by atoms with Crippen molar-refractivity contribution in [3.8, 4) is 0 Å². The summed E-state index contributed by atoms with van der Waals surface area (Å²) in [7, 11) is -3.47. The van der Waals surface area contributed by atoms with Gasteiger partial charge in [-0.25, -0.2) is 8.42 Å². The van der Waals surface area contributed by atoms with Crippen molar-refractivity contribution in [2.75, 3.05) is 38.0 Å². The van der Waals surface area contributed by atoms with E-state index in [0.717, 1.165) is 26.1 Å². The molecular formula is C20H31N3O3S. The Morgan fingerprint density at radius 1 is 1.07 bits per heavy atom. The van der Waals surface area contributed by atoms with Gasteiger partial charge in [-0.3, -0.25) is 4.79 Å². The first kappa shape index (κ1) is 20.3. The van der Waals surface area contributed by atoms with E-state index in [-0.39, 0.29) is 10.8 Å². The zero-order valence-corrected chi connectivity index (χ0v) is 17.0. The van der Waals surface area contributed by atoms with Crippen LogP contribution in [0.2, 0.25) is 0 Å². The minimum Gasteiger partial charge on any atom is -0.326 e. The highest BCUT2D eigenvalue weighted by molar-refractivity contribution is 7.89. The normalized spacial score (nSPS) is 20.0. The van der Waals surface area contributed by atoms with E-state index >= 15 is 0 Å². The molecule has 7 heteroatoms. The first-order chi connectivity index (χ1) is 13.0. The van der Waals surface area contributed by atoms with Gasteiger partial charge in [0.05, 0.1) is 4.90 Å². The van der Waals surface area contributed by atoms with Crippen molar-refractivity contribution in [2.45, 2.75) is 50.3 Å². The van der Waals surface area contributed by atoms with E-state index < -0.39 is 10.0 Å². The van der Waals surface area contributed by atoms with Crippen LogP contribution in [0.1, 0.15) is 45.4 Å². The van der Waals surface area contributed by atoms with Gasteiger partial charge in [-0.2, -0.15) is 4.31 Å². The number of carbonyl (C=O) groups is 1. The second-order valence-corrected chi connectivity index (χ2v) is 9.54. The maximum Gasteiger partial charge on any atom is 0.243 e. The molecule has 1 saturated heterocycles. The molecule has 1 aliphatic heterocycles. The second-order valence-electron chi connectivity index (χ2n) is 7.60. The van der Waals surface area contributed by atoms with Crippen LogP contribution in [0, 0.1) is 5.92 Å². The number of amides is 1. The number of sulfonamides is 1. The highest BCUT2D eigenvalue weighted by Crippen LogP contribution is 2.28. The van der Waals surface area contributed by atoms with Crippen LogP contribution in [0.25, 0.3) is 0 Å². The van der Waals surface area contributed by atoms with Gasteiger partial charge in [-0.05, 0) is 43.1 Å². The lowest BCUT2D eigenvalue weighted by Gasteiger charge is -2.33. The molecule has 2 aliphatic rings. The summed E-state index contributed by atoms with van der Waals surface area (Å²) < 4.78 is 27.1. The fraction of sp³-hybridized carbons (Fsp3) is 0.650. The summed E-state index contributed by atoms with van der Waals surface area (Å²) in [6, 6.07) is 6.55. The van der Waals surface area contributed by atoms with E-state index in [1.165, 1.54) is 25.7 Å². The van der Waals surface area contributed by atoms with Crippen LogP contribution in [-0.2, 0) is 14.8 Å². The Morgan fingerprint density at radius 3 is 2.30 bits per heavy atom. The standard InChI is InChI=1S/C20H31N3O3S/c1-2-22-13-15-23(16-14-22)27(25,26)19-10-8-18(9-11-19)21-20(24)12-7-17-5-3-4-6-17/h8-11,17H,2-7,12-16H2,1H3,(H,21,24). The third-order valence-electron chi connectivity index (χ3n) is 5.81. The molecule has 3 rings (SSSR count). The molecule has 6 nitrogen and oxygen atoms in total. The highest BCUT2D eigenvalue weighted by Gasteiger charge is 2.27. The summed E-state index contributed by atoms with van der Waals surface area (Å²) in [5, 5.41) is 2.88. The molecule has 0 spiro atoms. The molecule has 0 aromatic heterocycles. The van der Waals surface area contributed by atoms with Crippen LogP contribution < -0.4 is 5.32 Å². The number of benzene rings is 1. The number of anilines is 1. The van der Waals surface area contributed by atoms with E-state index in [1.807, 2.05) is 0 Å². The highest BCUT2D eigenvalue weighted by atomic mass is 32.2. The van der Waals surface area contributed by atoms with Gasteiger partial charge in [0, 0.05) is 38.3 Å². The molecule has 0 atom stereocenters. The Kier molecular flexibility index (Phi) is 6.89. The SMILES string of the molecule is CCN1CCN(S(=O)(=O)c2ccc(NC(=O)CCC3CCCC3)cc2)CC1. The Balaban J connectivity index is 1.53. The molecule has 0 radical (unpaired) electrons. The summed E-state index contributed by atoms with van der Waals surface area (Å²) >= 11 is 0. The van der Waals surface area contributed by atoms with Crippen LogP contribution in [0.4, 0.5) is 5.69 Å². The Hall–Kier alpha value is -1.44. The molecule has 1 saturated carbocycles. The predicted molar refractivity (Wildman–Crippen MR) is 107 cm³/mol. The molecule has 0 bridgehead atoms. The van der Waals surface area contributed by atoms with E-state index in [4.69, 9.17) is 0 Å². The smallest absolute Gasteiger partial charge is 0.243 e. The van der Waals surface area contributed by atoms with Crippen molar-refractivity contribution in [1.29, 1.82) is 0 Å². The lowest BCUT2D eigenvalue weighted by Crippen LogP contribution is -2.48. The average Bonchev–Trinajstić information content (AvgIpc) is 3.20. The minimum atomic E-state index is -3.47. The zero-order chi connectivity index (χ0) is 19.3. The first-order valence-electron chi connectivity index (χ1n) is 10.1. The molecule has 1 aliphatic carbocycles. The molecular weight excluding hydrogens is 362 g/mol. The minimum absolute atomic E-state index is 0.00759. The molecule has 1 N–H and O–H groups in total. The maximum atomic E-state index is 12.8. The largest absolute Gasteiger partial charge is 0.326 e. The number of hydrogen-bond donors (Lipinski definition) is 1. The summed E-state index contributed by atoms with van der Waals surface area (Å²) in [5.41, 5.74) is 0.654. The summed E-state index contributed by atoms with van der Waals surface area (Å²) in [6.07, 6.45) is 6.54. The van der Waals surface area contributed by atoms with E-state index in [0.29, 0.717) is 31.1 Å². The average molecular weight is 394 g/mol. The monoisotopic (exact) mass is 393 g/mol. The van der Waals surface area contributed by atoms with Gasteiger partial charge >= 0.3 is 0 Å². The Labute approximate surface area is 163 Å². The quantitative estimate of drug-likeness (QED) is 0.773.